The van der Waals surface area contributed by atoms with E-state index in [0.717, 1.165) is 6.42 Å². The van der Waals surface area contributed by atoms with Gasteiger partial charge in [0.25, 0.3) is 0 Å². The predicted octanol–water partition coefficient (Wildman–Crippen LogP) is 7.48. The molecular weight excluding hydrogens is 228 g/mol. The maximum Gasteiger partial charge on any atom is -0.0353 e. The molecule has 0 bridgehead atoms. The monoisotopic (exact) mass is 266 g/mol. The van der Waals surface area contributed by atoms with E-state index in [1.165, 1.54) is 57.8 Å². The van der Waals surface area contributed by atoms with Crippen LogP contribution < -0.4 is 0 Å². The molecule has 0 saturated carbocycles. The molecule has 0 radical (unpaired) electrons. The second-order valence-electron chi connectivity index (χ2n) is 4.65. The quantitative estimate of drug-likeness (QED) is 0.284. The van der Waals surface area contributed by atoms with Crippen LogP contribution in [0.4, 0.5) is 0 Å². The van der Waals surface area contributed by atoms with Gasteiger partial charge in [-0.1, -0.05) is 77.5 Å². The summed E-state index contributed by atoms with van der Waals surface area (Å²) in [4.78, 5) is 0. The zero-order chi connectivity index (χ0) is 15.2. The fraction of sp³-hybridized carbons (Fsp3) is 0.684. The molecule has 0 unspecified atom stereocenters. The maximum absolute atomic E-state index is 3.66. The summed E-state index contributed by atoms with van der Waals surface area (Å²) < 4.78 is 0. The van der Waals surface area contributed by atoms with Gasteiger partial charge in [-0.15, -0.1) is 19.7 Å². The van der Waals surface area contributed by atoms with E-state index in [0.29, 0.717) is 0 Å². The Morgan fingerprint density at radius 3 is 1.26 bits per heavy atom. The summed E-state index contributed by atoms with van der Waals surface area (Å²) in [6, 6.07) is 0. The van der Waals surface area contributed by atoms with Gasteiger partial charge in [0.05, 0.1) is 0 Å². The lowest BCUT2D eigenvalue weighted by Gasteiger charge is -1.91. The van der Waals surface area contributed by atoms with Gasteiger partial charge < -0.3 is 0 Å². The molecule has 0 aliphatic heterocycles. The van der Waals surface area contributed by atoms with Crippen LogP contribution in [-0.2, 0) is 0 Å². The summed E-state index contributed by atoms with van der Waals surface area (Å²) in [5.41, 5.74) is 0. The van der Waals surface area contributed by atoms with E-state index in [2.05, 4.69) is 40.5 Å². The topological polar surface area (TPSA) is 0 Å². The van der Waals surface area contributed by atoms with Crippen LogP contribution in [0, 0.1) is 0 Å². The van der Waals surface area contributed by atoms with Crippen molar-refractivity contribution in [2.24, 2.45) is 0 Å². The van der Waals surface area contributed by atoms with Crippen molar-refractivity contribution < 1.29 is 0 Å². The van der Waals surface area contributed by atoms with E-state index < -0.39 is 0 Å². The normalized spacial score (nSPS) is 8.37. The molecular formula is C19H38. The third kappa shape index (κ3) is 46.9. The Labute approximate surface area is 123 Å². The molecule has 0 aromatic heterocycles. The molecule has 0 aliphatic carbocycles. The number of hydrogen-bond donors (Lipinski definition) is 0. The van der Waals surface area contributed by atoms with E-state index in [-0.39, 0.29) is 0 Å². The Bertz CT molecular complexity index is 155. The zero-order valence-electron chi connectivity index (χ0n) is 13.9. The van der Waals surface area contributed by atoms with Crippen LogP contribution in [0.2, 0.25) is 0 Å². The minimum Gasteiger partial charge on any atom is -0.103 e. The molecule has 0 heterocycles. The Kier molecular flexibility index (Phi) is 37.2. The molecule has 0 fully saturated rings. The van der Waals surface area contributed by atoms with Gasteiger partial charge in [-0.3, -0.25) is 0 Å². The minimum absolute atomic E-state index is 1.15. The molecule has 0 heteroatoms. The molecule has 114 valence electrons. The minimum atomic E-state index is 1.15. The first kappa shape index (κ1) is 23.3. The molecule has 0 N–H and O–H groups in total. The molecule has 0 amide bonds. The van der Waals surface area contributed by atoms with E-state index in [9.17, 15) is 0 Å². The maximum atomic E-state index is 3.66. The first-order chi connectivity index (χ1) is 9.24. The molecule has 0 saturated heterocycles. The molecule has 0 aromatic rings. The Morgan fingerprint density at radius 2 is 1.00 bits per heavy atom. The molecule has 0 nitrogen and oxygen atoms in total. The Hall–Kier alpha value is -0.780. The second-order valence-corrected chi connectivity index (χ2v) is 4.65. The third-order valence-corrected chi connectivity index (χ3v) is 2.52. The van der Waals surface area contributed by atoms with Crippen molar-refractivity contribution in [2.45, 2.75) is 85.0 Å². The highest BCUT2D eigenvalue weighted by molar-refractivity contribution is 4.65. The zero-order valence-corrected chi connectivity index (χ0v) is 13.9. The van der Waals surface area contributed by atoms with Gasteiger partial charge in [0.2, 0.25) is 0 Å². The second kappa shape index (κ2) is 30.3. The van der Waals surface area contributed by atoms with Gasteiger partial charge in [0.1, 0.15) is 0 Å². The van der Waals surface area contributed by atoms with Crippen LogP contribution in [0.1, 0.15) is 85.0 Å². The van der Waals surface area contributed by atoms with Crippen molar-refractivity contribution in [1.29, 1.82) is 0 Å². The van der Waals surface area contributed by atoms with Crippen LogP contribution in [0.3, 0.4) is 0 Å². The highest BCUT2D eigenvalue weighted by atomic mass is 13.9. The fourth-order valence-corrected chi connectivity index (χ4v) is 1.27. The molecule has 0 rings (SSSR count). The van der Waals surface area contributed by atoms with Crippen LogP contribution in [0.25, 0.3) is 0 Å². The van der Waals surface area contributed by atoms with Crippen molar-refractivity contribution >= 4 is 0 Å². The van der Waals surface area contributed by atoms with Gasteiger partial charge in [-0.05, 0) is 25.7 Å². The lowest BCUT2D eigenvalue weighted by molar-refractivity contribution is 0.675. The smallest absolute Gasteiger partial charge is 0.0353 e. The third-order valence-electron chi connectivity index (χ3n) is 2.52. The van der Waals surface area contributed by atoms with Crippen molar-refractivity contribution in [3.63, 3.8) is 0 Å². The number of unbranched alkanes of at least 4 members (excludes halogenated alkanes) is 7. The van der Waals surface area contributed by atoms with E-state index in [1.54, 1.807) is 0 Å². The first-order valence-electron chi connectivity index (χ1n) is 8.07. The van der Waals surface area contributed by atoms with Crippen LogP contribution in [0.5, 0.6) is 0 Å². The van der Waals surface area contributed by atoms with Crippen LogP contribution >= 0.6 is 0 Å². The molecule has 0 atom stereocenters. The number of hydrogen-bond acceptors (Lipinski definition) is 0. The summed E-state index contributed by atoms with van der Waals surface area (Å²) in [6.07, 6.45) is 18.6. The predicted molar refractivity (Wildman–Crippen MR) is 93.8 cm³/mol. The number of allylic oxidation sites excluding steroid dienone is 3. The van der Waals surface area contributed by atoms with Crippen molar-refractivity contribution in [1.82, 2.24) is 0 Å². The highest BCUT2D eigenvalue weighted by Crippen LogP contribution is 2.01. The molecule has 0 aliphatic rings. The van der Waals surface area contributed by atoms with Crippen LogP contribution in [0.15, 0.2) is 38.0 Å². The summed E-state index contributed by atoms with van der Waals surface area (Å²) >= 11 is 0. The largest absolute Gasteiger partial charge is 0.103 e. The SMILES string of the molecule is C=CCCC.C=CCCCC.C=CCCCCCC. The first-order valence-corrected chi connectivity index (χ1v) is 8.07. The summed E-state index contributed by atoms with van der Waals surface area (Å²) in [5, 5.41) is 0. The van der Waals surface area contributed by atoms with Gasteiger partial charge in [-0.2, -0.15) is 0 Å². The highest BCUT2D eigenvalue weighted by Gasteiger charge is 1.81. The lowest BCUT2D eigenvalue weighted by Crippen LogP contribution is -1.71. The Morgan fingerprint density at radius 1 is 0.526 bits per heavy atom. The lowest BCUT2D eigenvalue weighted by atomic mass is 10.2. The van der Waals surface area contributed by atoms with Gasteiger partial charge in [-0.25, -0.2) is 0 Å². The van der Waals surface area contributed by atoms with E-state index >= 15 is 0 Å². The van der Waals surface area contributed by atoms with Gasteiger partial charge in [0.15, 0.2) is 0 Å². The number of rotatable bonds is 10. The molecule has 0 aromatic carbocycles. The summed E-state index contributed by atoms with van der Waals surface area (Å²) in [7, 11) is 0. The van der Waals surface area contributed by atoms with Crippen LogP contribution in [-0.4, -0.2) is 0 Å². The average Bonchev–Trinajstić information content (AvgIpc) is 2.44. The van der Waals surface area contributed by atoms with Gasteiger partial charge >= 0.3 is 0 Å². The van der Waals surface area contributed by atoms with E-state index in [1.807, 2.05) is 18.2 Å². The standard InChI is InChI=1S/C8H16.C6H12.C5H10/c1-3-5-7-8-6-4-2;1-3-5-6-4-2;1-3-5-4-2/h3H,1,4-8H2,2H3;3H,1,4-6H2,2H3;3H,1,4-5H2,2H3. The van der Waals surface area contributed by atoms with Crippen molar-refractivity contribution in [3.8, 4) is 0 Å². The molecule has 0 spiro atoms. The van der Waals surface area contributed by atoms with E-state index in [4.69, 9.17) is 0 Å². The van der Waals surface area contributed by atoms with Gasteiger partial charge in [0, 0.05) is 0 Å². The Balaban J connectivity index is -0.000000209. The average molecular weight is 267 g/mol. The fourth-order valence-electron chi connectivity index (χ4n) is 1.27. The van der Waals surface area contributed by atoms with Crippen molar-refractivity contribution in [3.05, 3.63) is 38.0 Å². The summed E-state index contributed by atoms with van der Waals surface area (Å²) in [5.74, 6) is 0. The summed E-state index contributed by atoms with van der Waals surface area (Å²) in [6.45, 7) is 17.4. The molecule has 19 heavy (non-hydrogen) atoms. The van der Waals surface area contributed by atoms with Crippen molar-refractivity contribution in [2.75, 3.05) is 0 Å².